The van der Waals surface area contributed by atoms with E-state index < -0.39 is 7.60 Å². The second-order valence-corrected chi connectivity index (χ2v) is 11.3. The Morgan fingerprint density at radius 3 is 1.76 bits per heavy atom. The Kier molecular flexibility index (Phi) is 17.4. The number of allylic oxidation sites excluding steroid dienone is 2. The van der Waals surface area contributed by atoms with E-state index in [9.17, 15) is 9.46 Å². The summed E-state index contributed by atoms with van der Waals surface area (Å²) >= 11 is 0. The molecule has 0 saturated heterocycles. The summed E-state index contributed by atoms with van der Waals surface area (Å²) in [5, 5.41) is 0. The zero-order chi connectivity index (χ0) is 22.0. The number of hydrogen-bond donors (Lipinski definition) is 1. The van der Waals surface area contributed by atoms with E-state index in [0.717, 1.165) is 19.3 Å². The average molecular weight is 433 g/mol. The molecule has 0 aliphatic carbocycles. The smallest absolute Gasteiger partial charge is 0.320 e. The third-order valence-corrected chi connectivity index (χ3v) is 7.76. The van der Waals surface area contributed by atoms with Crippen molar-refractivity contribution in [2.75, 3.05) is 27.7 Å². The fourth-order valence-corrected chi connectivity index (χ4v) is 5.72. The van der Waals surface area contributed by atoms with Crippen LogP contribution < -0.4 is 0 Å². The minimum absolute atomic E-state index is 0.335. The third kappa shape index (κ3) is 16.2. The van der Waals surface area contributed by atoms with Crippen molar-refractivity contribution in [2.45, 2.75) is 116 Å². The van der Waals surface area contributed by atoms with E-state index >= 15 is 0 Å². The summed E-state index contributed by atoms with van der Waals surface area (Å²) in [6.45, 7) is 4.71. The Morgan fingerprint density at radius 2 is 1.28 bits per heavy atom. The SMILES string of the molecule is CCCCCCC=CCCCCCCCCCOP(=O)(O)C(CCC)[N+](C)(C)C. The molecule has 29 heavy (non-hydrogen) atoms. The van der Waals surface area contributed by atoms with Gasteiger partial charge >= 0.3 is 7.60 Å². The Bertz CT molecular complexity index is 446. The van der Waals surface area contributed by atoms with Crippen LogP contribution in [0.25, 0.3) is 0 Å². The molecule has 174 valence electrons. The lowest BCUT2D eigenvalue weighted by atomic mass is 10.1. The van der Waals surface area contributed by atoms with Crippen LogP contribution in [-0.4, -0.2) is 42.9 Å². The monoisotopic (exact) mass is 432 g/mol. The van der Waals surface area contributed by atoms with Gasteiger partial charge in [-0.25, -0.2) is 0 Å². The molecule has 2 atom stereocenters. The van der Waals surface area contributed by atoms with Crippen LogP contribution in [0.1, 0.15) is 110 Å². The largest absolute Gasteiger partial charge is 0.385 e. The highest BCUT2D eigenvalue weighted by Gasteiger charge is 2.41. The molecule has 0 saturated carbocycles. The number of unbranched alkanes of at least 4 members (excludes halogenated alkanes) is 11. The first kappa shape index (κ1) is 28.9. The molecule has 2 unspecified atom stereocenters. The lowest BCUT2D eigenvalue weighted by Crippen LogP contribution is -2.45. The standard InChI is InChI=1S/C24H50NO3P/c1-6-8-9-10-11-12-13-14-15-16-17-18-19-20-21-23-28-29(26,27)24(22-7-2)25(3,4)5/h12-13,24H,6-11,14-23H2,1-5H3/p+1. The maximum Gasteiger partial charge on any atom is 0.385 e. The van der Waals surface area contributed by atoms with Gasteiger partial charge in [0.2, 0.25) is 0 Å². The van der Waals surface area contributed by atoms with Crippen LogP contribution in [0.3, 0.4) is 0 Å². The summed E-state index contributed by atoms with van der Waals surface area (Å²) in [6, 6.07) is 0. The van der Waals surface area contributed by atoms with Gasteiger partial charge < -0.3 is 13.9 Å². The van der Waals surface area contributed by atoms with E-state index in [0.29, 0.717) is 17.5 Å². The van der Waals surface area contributed by atoms with Crippen LogP contribution in [0, 0.1) is 0 Å². The molecule has 0 aliphatic heterocycles. The fraction of sp³-hybridized carbons (Fsp3) is 0.917. The van der Waals surface area contributed by atoms with Gasteiger partial charge in [0.05, 0.1) is 27.7 Å². The van der Waals surface area contributed by atoms with E-state index in [1.165, 1.54) is 70.6 Å². The summed E-state index contributed by atoms with van der Waals surface area (Å²) in [6.07, 6.45) is 22.5. The fourth-order valence-electron chi connectivity index (χ4n) is 3.70. The predicted octanol–water partition coefficient (Wildman–Crippen LogP) is 7.67. The van der Waals surface area contributed by atoms with Gasteiger partial charge in [0, 0.05) is 6.42 Å². The molecule has 0 aromatic carbocycles. The third-order valence-electron chi connectivity index (χ3n) is 5.50. The molecule has 0 rings (SSSR count). The molecular formula is C24H51NO3P+. The summed E-state index contributed by atoms with van der Waals surface area (Å²) in [5.74, 6) is -0.335. The van der Waals surface area contributed by atoms with E-state index in [1.807, 2.05) is 28.1 Å². The molecule has 1 N–H and O–H groups in total. The second-order valence-electron chi connectivity index (χ2n) is 9.37. The molecule has 4 nitrogen and oxygen atoms in total. The van der Waals surface area contributed by atoms with E-state index in [1.54, 1.807) is 0 Å². The van der Waals surface area contributed by atoms with E-state index in [2.05, 4.69) is 19.1 Å². The van der Waals surface area contributed by atoms with Crippen LogP contribution in [0.15, 0.2) is 12.2 Å². The molecule has 0 aromatic rings. The molecule has 0 spiro atoms. The Balaban J connectivity index is 3.63. The van der Waals surface area contributed by atoms with Crippen molar-refractivity contribution < 1.29 is 18.5 Å². The number of hydrogen-bond acceptors (Lipinski definition) is 2. The van der Waals surface area contributed by atoms with Crippen molar-refractivity contribution >= 4 is 7.60 Å². The number of quaternary nitrogens is 1. The highest BCUT2D eigenvalue weighted by Crippen LogP contribution is 2.51. The Hall–Kier alpha value is -0.150. The van der Waals surface area contributed by atoms with Crippen molar-refractivity contribution in [3.8, 4) is 0 Å². The lowest BCUT2D eigenvalue weighted by molar-refractivity contribution is -0.883. The first-order chi connectivity index (χ1) is 13.8. The molecular weight excluding hydrogens is 381 g/mol. The molecule has 0 fully saturated rings. The average Bonchev–Trinajstić information content (AvgIpc) is 2.64. The summed E-state index contributed by atoms with van der Waals surface area (Å²) < 4.78 is 18.6. The van der Waals surface area contributed by atoms with Crippen LogP contribution in [0.4, 0.5) is 0 Å². The summed E-state index contributed by atoms with van der Waals surface area (Å²) in [7, 11) is 2.34. The lowest BCUT2D eigenvalue weighted by Gasteiger charge is -2.35. The molecule has 0 heterocycles. The highest BCUT2D eigenvalue weighted by atomic mass is 31.2. The minimum atomic E-state index is -3.56. The van der Waals surface area contributed by atoms with Crippen LogP contribution in [0.5, 0.6) is 0 Å². The molecule has 0 radical (unpaired) electrons. The first-order valence-corrected chi connectivity index (χ1v) is 13.8. The van der Waals surface area contributed by atoms with Crippen molar-refractivity contribution in [1.82, 2.24) is 0 Å². The Labute approximate surface area is 182 Å². The topological polar surface area (TPSA) is 46.5 Å². The van der Waals surface area contributed by atoms with Crippen molar-refractivity contribution in [1.29, 1.82) is 0 Å². The van der Waals surface area contributed by atoms with Crippen molar-refractivity contribution in [3.05, 3.63) is 12.2 Å². The number of nitrogens with zero attached hydrogens (tertiary/aromatic N) is 1. The quantitative estimate of drug-likeness (QED) is 0.0929. The van der Waals surface area contributed by atoms with Gasteiger partial charge in [-0.2, -0.15) is 0 Å². The molecule has 0 bridgehead atoms. The molecule has 0 aliphatic rings. The zero-order valence-electron chi connectivity index (χ0n) is 20.2. The van der Waals surface area contributed by atoms with Gasteiger partial charge in [-0.15, -0.1) is 0 Å². The van der Waals surface area contributed by atoms with Crippen molar-refractivity contribution in [3.63, 3.8) is 0 Å². The van der Waals surface area contributed by atoms with E-state index in [-0.39, 0.29) is 5.78 Å². The van der Waals surface area contributed by atoms with Gasteiger partial charge in [-0.05, 0) is 38.5 Å². The Morgan fingerprint density at radius 1 is 0.793 bits per heavy atom. The first-order valence-electron chi connectivity index (χ1n) is 12.2. The van der Waals surface area contributed by atoms with Crippen LogP contribution in [0.2, 0.25) is 0 Å². The summed E-state index contributed by atoms with van der Waals surface area (Å²) in [5.41, 5.74) is 0. The maximum absolute atomic E-state index is 12.6. The van der Waals surface area contributed by atoms with Gasteiger partial charge in [-0.3, -0.25) is 4.57 Å². The van der Waals surface area contributed by atoms with Crippen LogP contribution >= 0.6 is 7.60 Å². The summed E-state index contributed by atoms with van der Waals surface area (Å²) in [4.78, 5) is 10.4. The van der Waals surface area contributed by atoms with Gasteiger partial charge in [0.25, 0.3) is 0 Å². The van der Waals surface area contributed by atoms with Gasteiger partial charge in [-0.1, -0.05) is 77.4 Å². The molecule has 0 amide bonds. The van der Waals surface area contributed by atoms with Gasteiger partial charge in [0.15, 0.2) is 5.78 Å². The normalized spacial score (nSPS) is 15.7. The predicted molar refractivity (Wildman–Crippen MR) is 127 cm³/mol. The highest BCUT2D eigenvalue weighted by molar-refractivity contribution is 7.53. The number of rotatable bonds is 20. The van der Waals surface area contributed by atoms with E-state index in [4.69, 9.17) is 4.52 Å². The molecule has 5 heteroatoms. The van der Waals surface area contributed by atoms with Crippen LogP contribution in [-0.2, 0) is 9.09 Å². The maximum atomic E-state index is 12.6. The minimum Gasteiger partial charge on any atom is -0.320 e. The van der Waals surface area contributed by atoms with Gasteiger partial charge in [0.1, 0.15) is 0 Å². The van der Waals surface area contributed by atoms with Crippen molar-refractivity contribution in [2.24, 2.45) is 0 Å². The second kappa shape index (κ2) is 17.5. The molecule has 0 aromatic heterocycles. The zero-order valence-corrected chi connectivity index (χ0v) is 21.1.